The summed E-state index contributed by atoms with van der Waals surface area (Å²) in [4.78, 5) is 12.3. The van der Waals surface area contributed by atoms with Crippen LogP contribution in [-0.2, 0) is 0 Å². The van der Waals surface area contributed by atoms with Gasteiger partial charge in [-0.1, -0.05) is 6.07 Å². The lowest BCUT2D eigenvalue weighted by Gasteiger charge is -2.10. The molecule has 0 bridgehead atoms. The molecule has 4 nitrogen and oxygen atoms in total. The second kappa shape index (κ2) is 5.75. The summed E-state index contributed by atoms with van der Waals surface area (Å²) in [6.45, 7) is 5.96. The second-order valence-corrected chi connectivity index (χ2v) is 4.93. The molecule has 0 fully saturated rings. The number of amides is 1. The molecule has 0 heterocycles. The molecule has 0 saturated carbocycles. The number of nitrogens with two attached hydrogens (primary N) is 1. The van der Waals surface area contributed by atoms with Gasteiger partial charge in [-0.25, -0.2) is 0 Å². The van der Waals surface area contributed by atoms with E-state index in [1.54, 1.807) is 12.1 Å². The lowest BCUT2D eigenvalue weighted by Crippen LogP contribution is -2.14. The number of nitrogens with one attached hydrogen (secondary N) is 2. The van der Waals surface area contributed by atoms with Gasteiger partial charge in [-0.3, -0.25) is 10.6 Å². The Kier molecular flexibility index (Phi) is 4.05. The molecule has 4 heteroatoms. The van der Waals surface area contributed by atoms with Gasteiger partial charge in [0.05, 0.1) is 0 Å². The molecular formula is C16H19N3O. The van der Waals surface area contributed by atoms with Crippen molar-refractivity contribution in [2.75, 3.05) is 10.7 Å². The Labute approximate surface area is 119 Å². The van der Waals surface area contributed by atoms with E-state index in [4.69, 9.17) is 5.84 Å². The molecule has 4 N–H and O–H groups in total. The maximum Gasteiger partial charge on any atom is 0.255 e. The van der Waals surface area contributed by atoms with Gasteiger partial charge >= 0.3 is 0 Å². The fourth-order valence-electron chi connectivity index (χ4n) is 2.03. The van der Waals surface area contributed by atoms with Crippen molar-refractivity contribution in [3.8, 4) is 0 Å². The molecule has 1 amide bonds. The van der Waals surface area contributed by atoms with Crippen LogP contribution in [0.5, 0.6) is 0 Å². The molecule has 0 radical (unpaired) electrons. The molecule has 20 heavy (non-hydrogen) atoms. The summed E-state index contributed by atoms with van der Waals surface area (Å²) in [5.41, 5.74) is 8.03. The first-order chi connectivity index (χ1) is 9.51. The smallest absolute Gasteiger partial charge is 0.255 e. The average molecular weight is 269 g/mol. The van der Waals surface area contributed by atoms with Gasteiger partial charge in [-0.15, -0.1) is 0 Å². The van der Waals surface area contributed by atoms with E-state index in [1.165, 1.54) is 5.56 Å². The number of aryl methyl sites for hydroxylation is 3. The van der Waals surface area contributed by atoms with Gasteiger partial charge in [-0.2, -0.15) is 0 Å². The van der Waals surface area contributed by atoms with Gasteiger partial charge in [0, 0.05) is 16.9 Å². The summed E-state index contributed by atoms with van der Waals surface area (Å²) in [5.74, 6) is 5.23. The Morgan fingerprint density at radius 2 is 1.55 bits per heavy atom. The van der Waals surface area contributed by atoms with Crippen molar-refractivity contribution in [1.82, 2.24) is 0 Å². The number of carbonyl (C=O) groups excluding carboxylic acids is 1. The van der Waals surface area contributed by atoms with Gasteiger partial charge in [0.15, 0.2) is 0 Å². The third kappa shape index (κ3) is 2.97. The van der Waals surface area contributed by atoms with Gasteiger partial charge < -0.3 is 10.7 Å². The molecule has 0 atom stereocenters. The number of benzene rings is 2. The van der Waals surface area contributed by atoms with Crippen LogP contribution in [-0.4, -0.2) is 5.91 Å². The number of anilines is 2. The van der Waals surface area contributed by atoms with E-state index in [1.807, 2.05) is 45.0 Å². The molecule has 104 valence electrons. The van der Waals surface area contributed by atoms with Crippen LogP contribution in [0.2, 0.25) is 0 Å². The van der Waals surface area contributed by atoms with Crippen molar-refractivity contribution in [3.05, 3.63) is 58.7 Å². The molecule has 2 aromatic rings. The van der Waals surface area contributed by atoms with Crippen molar-refractivity contribution in [3.63, 3.8) is 0 Å². The SMILES string of the molecule is Cc1ccc(NC(=O)c2ccc(NN)cc2C)cc1C. The summed E-state index contributed by atoms with van der Waals surface area (Å²) in [7, 11) is 0. The van der Waals surface area contributed by atoms with E-state index in [2.05, 4.69) is 10.7 Å². The first-order valence-corrected chi connectivity index (χ1v) is 6.47. The molecule has 0 aliphatic heterocycles. The summed E-state index contributed by atoms with van der Waals surface area (Å²) < 4.78 is 0. The Hall–Kier alpha value is -2.33. The van der Waals surface area contributed by atoms with Crippen LogP contribution in [0, 0.1) is 20.8 Å². The van der Waals surface area contributed by atoms with Crippen molar-refractivity contribution < 1.29 is 4.79 Å². The second-order valence-electron chi connectivity index (χ2n) is 4.93. The van der Waals surface area contributed by atoms with Crippen molar-refractivity contribution in [2.24, 2.45) is 5.84 Å². The molecule has 2 rings (SSSR count). The Bertz CT molecular complexity index is 650. The number of hydrogen-bond acceptors (Lipinski definition) is 3. The molecule has 0 aliphatic carbocycles. The Morgan fingerprint density at radius 1 is 0.900 bits per heavy atom. The summed E-state index contributed by atoms with van der Waals surface area (Å²) in [5, 5.41) is 2.91. The fourth-order valence-corrected chi connectivity index (χ4v) is 2.03. The van der Waals surface area contributed by atoms with E-state index in [0.717, 1.165) is 22.5 Å². The van der Waals surface area contributed by atoms with Crippen LogP contribution >= 0.6 is 0 Å². The molecule has 0 aliphatic rings. The minimum atomic E-state index is -0.116. The predicted molar refractivity (Wildman–Crippen MR) is 82.9 cm³/mol. The Balaban J connectivity index is 2.21. The summed E-state index contributed by atoms with van der Waals surface area (Å²) >= 11 is 0. The maximum atomic E-state index is 12.3. The normalized spacial score (nSPS) is 10.2. The lowest BCUT2D eigenvalue weighted by molar-refractivity contribution is 0.102. The first-order valence-electron chi connectivity index (χ1n) is 6.47. The number of hydrazine groups is 1. The summed E-state index contributed by atoms with van der Waals surface area (Å²) in [6.07, 6.45) is 0. The zero-order valence-electron chi connectivity index (χ0n) is 11.9. The van der Waals surface area contributed by atoms with Crippen LogP contribution in [0.1, 0.15) is 27.0 Å². The van der Waals surface area contributed by atoms with Gasteiger partial charge in [-0.05, 0) is 67.8 Å². The predicted octanol–water partition coefficient (Wildman–Crippen LogP) is 3.15. The van der Waals surface area contributed by atoms with Gasteiger partial charge in [0.2, 0.25) is 0 Å². The Morgan fingerprint density at radius 3 is 2.15 bits per heavy atom. The molecule has 0 aromatic heterocycles. The van der Waals surface area contributed by atoms with Crippen molar-refractivity contribution >= 4 is 17.3 Å². The van der Waals surface area contributed by atoms with Crippen molar-refractivity contribution in [1.29, 1.82) is 0 Å². The number of carbonyl (C=O) groups is 1. The summed E-state index contributed by atoms with van der Waals surface area (Å²) in [6, 6.07) is 11.3. The number of nitrogen functional groups attached to an aromatic ring is 1. The first kappa shape index (κ1) is 14.1. The van der Waals surface area contributed by atoms with E-state index in [-0.39, 0.29) is 5.91 Å². The third-order valence-electron chi connectivity index (χ3n) is 3.40. The molecular weight excluding hydrogens is 250 g/mol. The molecule has 0 unspecified atom stereocenters. The quantitative estimate of drug-likeness (QED) is 0.592. The van der Waals surface area contributed by atoms with Gasteiger partial charge in [0.1, 0.15) is 0 Å². The van der Waals surface area contributed by atoms with Crippen LogP contribution < -0.4 is 16.6 Å². The van der Waals surface area contributed by atoms with Crippen molar-refractivity contribution in [2.45, 2.75) is 20.8 Å². The number of hydrogen-bond donors (Lipinski definition) is 3. The highest BCUT2D eigenvalue weighted by Crippen LogP contribution is 2.18. The van der Waals surface area contributed by atoms with E-state index in [9.17, 15) is 4.79 Å². The highest BCUT2D eigenvalue weighted by atomic mass is 16.1. The largest absolute Gasteiger partial charge is 0.324 e. The lowest BCUT2D eigenvalue weighted by atomic mass is 10.1. The maximum absolute atomic E-state index is 12.3. The van der Waals surface area contributed by atoms with Crippen LogP contribution in [0.4, 0.5) is 11.4 Å². The van der Waals surface area contributed by atoms with E-state index >= 15 is 0 Å². The van der Waals surface area contributed by atoms with Gasteiger partial charge in [0.25, 0.3) is 5.91 Å². The highest BCUT2D eigenvalue weighted by Gasteiger charge is 2.10. The topological polar surface area (TPSA) is 67.2 Å². The van der Waals surface area contributed by atoms with Crippen LogP contribution in [0.25, 0.3) is 0 Å². The van der Waals surface area contributed by atoms with E-state index < -0.39 is 0 Å². The average Bonchev–Trinajstić information content (AvgIpc) is 2.42. The van der Waals surface area contributed by atoms with E-state index in [0.29, 0.717) is 5.56 Å². The highest BCUT2D eigenvalue weighted by molar-refractivity contribution is 6.05. The van der Waals surface area contributed by atoms with Crippen LogP contribution in [0.15, 0.2) is 36.4 Å². The standard InChI is InChI=1S/C16H19N3O/c1-10-4-5-13(8-11(10)2)18-16(20)15-7-6-14(19-17)9-12(15)3/h4-9,19H,17H2,1-3H3,(H,18,20). The van der Waals surface area contributed by atoms with Crippen LogP contribution in [0.3, 0.4) is 0 Å². The molecule has 2 aromatic carbocycles. The zero-order chi connectivity index (χ0) is 14.7. The fraction of sp³-hybridized carbons (Fsp3) is 0.188. The molecule has 0 saturated heterocycles. The minimum absolute atomic E-state index is 0.116. The number of rotatable bonds is 3. The monoisotopic (exact) mass is 269 g/mol. The zero-order valence-corrected chi connectivity index (χ0v) is 11.9. The minimum Gasteiger partial charge on any atom is -0.324 e. The molecule has 0 spiro atoms. The third-order valence-corrected chi connectivity index (χ3v) is 3.40.